The van der Waals surface area contributed by atoms with Crippen molar-refractivity contribution in [2.24, 2.45) is 0 Å². The van der Waals surface area contributed by atoms with Gasteiger partial charge in [0.05, 0.1) is 7.11 Å². The lowest BCUT2D eigenvalue weighted by Gasteiger charge is -2.09. The van der Waals surface area contributed by atoms with Gasteiger partial charge in [-0.05, 0) is 54.8 Å². The molecule has 2 aromatic carbocycles. The van der Waals surface area contributed by atoms with Gasteiger partial charge in [-0.25, -0.2) is 8.78 Å². The summed E-state index contributed by atoms with van der Waals surface area (Å²) in [5.74, 6) is -0.194. The first-order valence-corrected chi connectivity index (χ1v) is 6.87. The molecule has 0 aliphatic rings. The van der Waals surface area contributed by atoms with E-state index in [9.17, 15) is 8.78 Å². The number of ether oxygens (including phenoxy) is 1. The van der Waals surface area contributed by atoms with Crippen LogP contribution in [0.2, 0.25) is 0 Å². The van der Waals surface area contributed by atoms with Gasteiger partial charge in [0.1, 0.15) is 17.4 Å². The first-order chi connectivity index (χ1) is 10.1. The van der Waals surface area contributed by atoms with E-state index in [1.54, 1.807) is 7.11 Å². The van der Waals surface area contributed by atoms with E-state index in [0.29, 0.717) is 25.1 Å². The van der Waals surface area contributed by atoms with Crippen molar-refractivity contribution in [2.45, 2.75) is 19.9 Å². The van der Waals surface area contributed by atoms with Crippen LogP contribution in [0.25, 0.3) is 0 Å². The summed E-state index contributed by atoms with van der Waals surface area (Å²) >= 11 is 0. The third-order valence-electron chi connectivity index (χ3n) is 3.30. The van der Waals surface area contributed by atoms with Gasteiger partial charge in [-0.2, -0.15) is 0 Å². The van der Waals surface area contributed by atoms with Gasteiger partial charge >= 0.3 is 0 Å². The van der Waals surface area contributed by atoms with Gasteiger partial charge in [-0.1, -0.05) is 12.1 Å². The van der Waals surface area contributed by atoms with Crippen LogP contribution >= 0.6 is 0 Å². The normalized spacial score (nSPS) is 10.7. The molecule has 0 aliphatic carbocycles. The van der Waals surface area contributed by atoms with Crippen molar-refractivity contribution in [1.82, 2.24) is 5.32 Å². The Morgan fingerprint density at radius 2 is 1.71 bits per heavy atom. The molecule has 4 heteroatoms. The molecule has 21 heavy (non-hydrogen) atoms. The van der Waals surface area contributed by atoms with Crippen molar-refractivity contribution in [3.63, 3.8) is 0 Å². The fourth-order valence-corrected chi connectivity index (χ4v) is 2.27. The van der Waals surface area contributed by atoms with Crippen molar-refractivity contribution < 1.29 is 13.5 Å². The SMILES string of the molecule is COc1ccc(CNCCc2cc(F)cc(F)c2)cc1C. The molecule has 0 aliphatic heterocycles. The number of nitrogens with one attached hydrogen (secondary N) is 1. The van der Waals surface area contributed by atoms with E-state index < -0.39 is 11.6 Å². The summed E-state index contributed by atoms with van der Waals surface area (Å²) in [5.41, 5.74) is 2.90. The minimum absolute atomic E-state index is 0.532. The standard InChI is InChI=1S/C17H19F2NO/c1-12-7-14(3-4-17(12)21-2)11-20-6-5-13-8-15(18)10-16(19)9-13/h3-4,7-10,20H,5-6,11H2,1-2H3. The van der Waals surface area contributed by atoms with E-state index in [1.807, 2.05) is 19.1 Å². The second kappa shape index (κ2) is 7.18. The predicted molar refractivity (Wildman–Crippen MR) is 79.5 cm³/mol. The number of benzene rings is 2. The maximum Gasteiger partial charge on any atom is 0.126 e. The summed E-state index contributed by atoms with van der Waals surface area (Å²) in [5, 5.41) is 3.27. The molecule has 2 nitrogen and oxygen atoms in total. The molecule has 0 heterocycles. The summed E-state index contributed by atoms with van der Waals surface area (Å²) in [6, 6.07) is 9.62. The monoisotopic (exact) mass is 291 g/mol. The number of hydrogen-bond acceptors (Lipinski definition) is 2. The summed E-state index contributed by atoms with van der Waals surface area (Å²) < 4.78 is 31.3. The highest BCUT2D eigenvalue weighted by atomic mass is 19.1. The first kappa shape index (κ1) is 15.4. The molecule has 1 N–H and O–H groups in total. The Hall–Kier alpha value is -1.94. The van der Waals surface area contributed by atoms with E-state index >= 15 is 0 Å². The molecule has 0 spiro atoms. The molecule has 2 rings (SSSR count). The third kappa shape index (κ3) is 4.53. The Labute approximate surface area is 123 Å². The number of aryl methyl sites for hydroxylation is 1. The van der Waals surface area contributed by atoms with E-state index in [-0.39, 0.29) is 0 Å². The van der Waals surface area contributed by atoms with Crippen molar-refractivity contribution in [3.05, 3.63) is 64.7 Å². The minimum atomic E-state index is -0.532. The Morgan fingerprint density at radius 1 is 1.00 bits per heavy atom. The molecule has 0 radical (unpaired) electrons. The topological polar surface area (TPSA) is 21.3 Å². The van der Waals surface area contributed by atoms with E-state index in [2.05, 4.69) is 11.4 Å². The van der Waals surface area contributed by atoms with E-state index in [0.717, 1.165) is 22.9 Å². The molecule has 2 aromatic rings. The number of hydrogen-bond donors (Lipinski definition) is 1. The predicted octanol–water partition coefficient (Wildman–Crippen LogP) is 3.61. The molecular weight excluding hydrogens is 272 g/mol. The second-order valence-electron chi connectivity index (χ2n) is 5.01. The maximum absolute atomic E-state index is 13.0. The van der Waals surface area contributed by atoms with Gasteiger partial charge in [0.25, 0.3) is 0 Å². The van der Waals surface area contributed by atoms with Crippen LogP contribution in [-0.4, -0.2) is 13.7 Å². The average molecular weight is 291 g/mol. The Kier molecular flexibility index (Phi) is 5.28. The number of methoxy groups -OCH3 is 1. The molecule has 0 aromatic heterocycles. The second-order valence-corrected chi connectivity index (χ2v) is 5.01. The van der Waals surface area contributed by atoms with Crippen LogP contribution in [0.4, 0.5) is 8.78 Å². The third-order valence-corrected chi connectivity index (χ3v) is 3.30. The highest BCUT2D eigenvalue weighted by Crippen LogP contribution is 2.18. The van der Waals surface area contributed by atoms with Crippen LogP contribution in [-0.2, 0) is 13.0 Å². The summed E-state index contributed by atoms with van der Waals surface area (Å²) in [4.78, 5) is 0. The Balaban J connectivity index is 1.83. The molecular formula is C17H19F2NO. The van der Waals surface area contributed by atoms with Gasteiger partial charge < -0.3 is 10.1 Å². The zero-order valence-electron chi connectivity index (χ0n) is 12.2. The van der Waals surface area contributed by atoms with Gasteiger partial charge in [-0.15, -0.1) is 0 Å². The minimum Gasteiger partial charge on any atom is -0.496 e. The molecule has 0 atom stereocenters. The first-order valence-electron chi connectivity index (χ1n) is 6.87. The van der Waals surface area contributed by atoms with Crippen molar-refractivity contribution in [2.75, 3.05) is 13.7 Å². The maximum atomic E-state index is 13.0. The highest BCUT2D eigenvalue weighted by Gasteiger charge is 2.02. The number of halogens is 2. The molecule has 0 saturated carbocycles. The van der Waals surface area contributed by atoms with Gasteiger partial charge in [0.15, 0.2) is 0 Å². The largest absolute Gasteiger partial charge is 0.496 e. The van der Waals surface area contributed by atoms with Crippen molar-refractivity contribution >= 4 is 0 Å². The lowest BCUT2D eigenvalue weighted by atomic mass is 10.1. The van der Waals surface area contributed by atoms with Crippen molar-refractivity contribution in [1.29, 1.82) is 0 Å². The van der Waals surface area contributed by atoms with Gasteiger partial charge in [0, 0.05) is 12.6 Å². The molecule has 112 valence electrons. The molecule has 0 bridgehead atoms. The Bertz CT molecular complexity index is 593. The molecule has 0 unspecified atom stereocenters. The lowest BCUT2D eigenvalue weighted by Crippen LogP contribution is -2.16. The van der Waals surface area contributed by atoms with Gasteiger partial charge in [-0.3, -0.25) is 0 Å². The van der Waals surface area contributed by atoms with Crippen LogP contribution in [0, 0.1) is 18.6 Å². The highest BCUT2D eigenvalue weighted by molar-refractivity contribution is 5.36. The van der Waals surface area contributed by atoms with Crippen molar-refractivity contribution in [3.8, 4) is 5.75 Å². The fraction of sp³-hybridized carbons (Fsp3) is 0.294. The molecule has 0 amide bonds. The zero-order valence-corrected chi connectivity index (χ0v) is 12.2. The summed E-state index contributed by atoms with van der Waals surface area (Å²) in [6.07, 6.45) is 0.587. The van der Waals surface area contributed by atoms with Gasteiger partial charge in [0.2, 0.25) is 0 Å². The Morgan fingerprint density at radius 3 is 2.33 bits per heavy atom. The van der Waals surface area contributed by atoms with Crippen LogP contribution in [0.3, 0.4) is 0 Å². The molecule has 0 saturated heterocycles. The quantitative estimate of drug-likeness (QED) is 0.821. The smallest absolute Gasteiger partial charge is 0.126 e. The number of rotatable bonds is 6. The molecule has 0 fully saturated rings. The fourth-order valence-electron chi connectivity index (χ4n) is 2.27. The summed E-state index contributed by atoms with van der Waals surface area (Å²) in [7, 11) is 1.65. The van der Waals surface area contributed by atoms with Crippen LogP contribution < -0.4 is 10.1 Å². The zero-order chi connectivity index (χ0) is 15.2. The average Bonchev–Trinajstić information content (AvgIpc) is 2.43. The van der Waals surface area contributed by atoms with Crippen LogP contribution in [0.5, 0.6) is 5.75 Å². The lowest BCUT2D eigenvalue weighted by molar-refractivity contribution is 0.411. The van der Waals surface area contributed by atoms with E-state index in [1.165, 1.54) is 12.1 Å². The van der Waals surface area contributed by atoms with Crippen LogP contribution in [0.15, 0.2) is 36.4 Å². The van der Waals surface area contributed by atoms with E-state index in [4.69, 9.17) is 4.74 Å². The summed E-state index contributed by atoms with van der Waals surface area (Å²) in [6.45, 7) is 3.37. The van der Waals surface area contributed by atoms with Crippen LogP contribution in [0.1, 0.15) is 16.7 Å².